The fourth-order valence-corrected chi connectivity index (χ4v) is 1.51. The zero-order valence-electron chi connectivity index (χ0n) is 9.92. The minimum Gasteiger partial charge on any atom is -0.358 e. The number of hydrogen-bond donors (Lipinski definition) is 2. The third-order valence-electron chi connectivity index (χ3n) is 2.57. The first-order valence-electron chi connectivity index (χ1n) is 5.49. The van der Waals surface area contributed by atoms with Crippen molar-refractivity contribution in [2.24, 2.45) is 5.73 Å². The Kier molecular flexibility index (Phi) is 3.10. The van der Waals surface area contributed by atoms with Crippen LogP contribution >= 0.6 is 0 Å². The van der Waals surface area contributed by atoms with Crippen LogP contribution in [0.3, 0.4) is 0 Å². The van der Waals surface area contributed by atoms with Crippen LogP contribution in [-0.2, 0) is 0 Å². The monoisotopic (exact) mass is 236 g/mol. The van der Waals surface area contributed by atoms with E-state index in [4.69, 9.17) is 5.73 Å². The molecule has 0 bridgehead atoms. The summed E-state index contributed by atoms with van der Waals surface area (Å²) < 4.78 is 1.25. The largest absolute Gasteiger partial charge is 0.364 e. The highest BCUT2D eigenvalue weighted by molar-refractivity contribution is 5.44. The van der Waals surface area contributed by atoms with Gasteiger partial charge in [-0.15, -0.1) is 5.10 Å². The van der Waals surface area contributed by atoms with Gasteiger partial charge in [0.25, 0.3) is 0 Å². The third kappa shape index (κ3) is 2.44. The predicted molar refractivity (Wildman–Crippen MR) is 65.1 cm³/mol. The molecule has 0 aliphatic heterocycles. The van der Waals surface area contributed by atoms with Crippen molar-refractivity contribution in [2.45, 2.75) is 19.4 Å². The van der Waals surface area contributed by atoms with E-state index in [1.165, 1.54) is 4.52 Å². The van der Waals surface area contributed by atoms with E-state index in [9.17, 15) is 4.79 Å². The molecule has 0 aliphatic rings. The first kappa shape index (κ1) is 11.6. The highest BCUT2D eigenvalue weighted by Crippen LogP contribution is 2.08. The number of fused-ring (bicyclic) bond motifs is 1. The van der Waals surface area contributed by atoms with Crippen LogP contribution in [0.5, 0.6) is 0 Å². The summed E-state index contributed by atoms with van der Waals surface area (Å²) in [6.45, 7) is 2.76. The first-order valence-corrected chi connectivity index (χ1v) is 5.49. The van der Waals surface area contributed by atoms with E-state index < -0.39 is 0 Å². The Morgan fingerprint density at radius 3 is 3.06 bits per heavy atom. The maximum absolute atomic E-state index is 11.4. The minimum atomic E-state index is -0.331. The molecular weight excluding hydrogens is 220 g/mol. The second kappa shape index (κ2) is 4.54. The van der Waals surface area contributed by atoms with Gasteiger partial charge in [0.2, 0.25) is 0 Å². The molecule has 92 valence electrons. The molecule has 2 aromatic heterocycles. The van der Waals surface area contributed by atoms with Crippen molar-refractivity contribution in [3.63, 3.8) is 0 Å². The molecule has 0 amide bonds. The van der Waals surface area contributed by atoms with Crippen molar-refractivity contribution in [3.8, 4) is 0 Å². The molecule has 2 heterocycles. The fraction of sp³-hybridized carbons (Fsp3) is 0.500. The van der Waals surface area contributed by atoms with Crippen molar-refractivity contribution >= 4 is 11.5 Å². The number of aromatic nitrogens is 4. The standard InChI is InChI=1S/C10H16N6O/c1-7(11)5-6-15(2)9-4-3-8-12-13-10(17)16(8)14-9/h3-4,7H,5-6,11H2,1-2H3,(H,13,17). The summed E-state index contributed by atoms with van der Waals surface area (Å²) in [5.41, 5.74) is 5.88. The van der Waals surface area contributed by atoms with Crippen LogP contribution in [0.25, 0.3) is 5.65 Å². The molecule has 3 N–H and O–H groups in total. The fourth-order valence-electron chi connectivity index (χ4n) is 1.51. The lowest BCUT2D eigenvalue weighted by molar-refractivity contribution is 0.653. The molecule has 0 saturated heterocycles. The Morgan fingerprint density at radius 2 is 2.35 bits per heavy atom. The Balaban J connectivity index is 2.23. The van der Waals surface area contributed by atoms with Crippen LogP contribution in [0, 0.1) is 0 Å². The SMILES string of the molecule is CC(N)CCN(C)c1ccc2n[nH]c(=O)n2n1. The van der Waals surface area contributed by atoms with Gasteiger partial charge in [0, 0.05) is 19.6 Å². The summed E-state index contributed by atoms with van der Waals surface area (Å²) in [5, 5.41) is 10.4. The predicted octanol–water partition coefficient (Wildman–Crippen LogP) is -0.409. The number of nitrogens with two attached hydrogens (primary N) is 1. The normalized spacial score (nSPS) is 12.9. The van der Waals surface area contributed by atoms with Crippen LogP contribution in [-0.4, -0.2) is 39.4 Å². The maximum atomic E-state index is 11.4. The van der Waals surface area contributed by atoms with Gasteiger partial charge in [0.15, 0.2) is 5.65 Å². The highest BCUT2D eigenvalue weighted by Gasteiger charge is 2.07. The van der Waals surface area contributed by atoms with Gasteiger partial charge < -0.3 is 10.6 Å². The van der Waals surface area contributed by atoms with Crippen LogP contribution in [0.1, 0.15) is 13.3 Å². The van der Waals surface area contributed by atoms with Crippen molar-refractivity contribution < 1.29 is 0 Å². The van der Waals surface area contributed by atoms with Crippen molar-refractivity contribution in [1.82, 2.24) is 19.8 Å². The zero-order valence-corrected chi connectivity index (χ0v) is 9.92. The van der Waals surface area contributed by atoms with E-state index in [1.807, 2.05) is 24.9 Å². The lowest BCUT2D eigenvalue weighted by atomic mass is 10.2. The topological polar surface area (TPSA) is 92.3 Å². The molecule has 0 radical (unpaired) electrons. The van der Waals surface area contributed by atoms with Gasteiger partial charge in [-0.25, -0.2) is 9.89 Å². The molecule has 1 atom stereocenters. The number of aromatic amines is 1. The van der Waals surface area contributed by atoms with Crippen molar-refractivity contribution in [3.05, 3.63) is 22.6 Å². The molecule has 2 aromatic rings. The van der Waals surface area contributed by atoms with E-state index in [-0.39, 0.29) is 11.7 Å². The molecule has 0 aromatic carbocycles. The molecule has 7 nitrogen and oxygen atoms in total. The Morgan fingerprint density at radius 1 is 1.59 bits per heavy atom. The second-order valence-electron chi connectivity index (χ2n) is 4.18. The molecule has 0 saturated carbocycles. The van der Waals surface area contributed by atoms with Gasteiger partial charge in [0.1, 0.15) is 5.82 Å². The van der Waals surface area contributed by atoms with Crippen LogP contribution in [0.4, 0.5) is 5.82 Å². The van der Waals surface area contributed by atoms with Crippen LogP contribution in [0.15, 0.2) is 16.9 Å². The van der Waals surface area contributed by atoms with E-state index in [0.29, 0.717) is 5.65 Å². The van der Waals surface area contributed by atoms with E-state index in [0.717, 1.165) is 18.8 Å². The van der Waals surface area contributed by atoms with Crippen molar-refractivity contribution in [2.75, 3.05) is 18.5 Å². The van der Waals surface area contributed by atoms with Gasteiger partial charge in [0.05, 0.1) is 0 Å². The lowest BCUT2D eigenvalue weighted by Gasteiger charge is -2.18. The van der Waals surface area contributed by atoms with Gasteiger partial charge in [-0.2, -0.15) is 9.61 Å². The molecule has 7 heteroatoms. The maximum Gasteiger partial charge on any atom is 0.364 e. The summed E-state index contributed by atoms with van der Waals surface area (Å²) in [5.74, 6) is 0.724. The second-order valence-corrected chi connectivity index (χ2v) is 4.18. The van der Waals surface area contributed by atoms with Gasteiger partial charge in [-0.3, -0.25) is 0 Å². The number of rotatable bonds is 4. The minimum absolute atomic E-state index is 0.151. The number of anilines is 1. The molecule has 17 heavy (non-hydrogen) atoms. The van der Waals surface area contributed by atoms with Crippen molar-refractivity contribution in [1.29, 1.82) is 0 Å². The molecule has 0 aliphatic carbocycles. The molecule has 0 fully saturated rings. The Labute approximate surface area is 98.2 Å². The van der Waals surface area contributed by atoms with Gasteiger partial charge in [-0.1, -0.05) is 0 Å². The lowest BCUT2D eigenvalue weighted by Crippen LogP contribution is -2.27. The quantitative estimate of drug-likeness (QED) is 0.753. The van der Waals surface area contributed by atoms with Gasteiger partial charge in [-0.05, 0) is 25.5 Å². The number of hydrogen-bond acceptors (Lipinski definition) is 5. The Bertz CT molecular complexity index is 557. The molecule has 1 unspecified atom stereocenters. The molecule has 2 rings (SSSR count). The zero-order chi connectivity index (χ0) is 12.4. The van der Waals surface area contributed by atoms with E-state index in [1.54, 1.807) is 6.07 Å². The number of nitrogens with zero attached hydrogens (tertiary/aromatic N) is 4. The van der Waals surface area contributed by atoms with Gasteiger partial charge >= 0.3 is 5.69 Å². The summed E-state index contributed by atoms with van der Waals surface area (Å²) in [6.07, 6.45) is 0.872. The number of nitrogens with one attached hydrogen (secondary N) is 1. The van der Waals surface area contributed by atoms with E-state index in [2.05, 4.69) is 15.3 Å². The third-order valence-corrected chi connectivity index (χ3v) is 2.57. The van der Waals surface area contributed by atoms with Crippen LogP contribution in [0.2, 0.25) is 0 Å². The average Bonchev–Trinajstić information content (AvgIpc) is 2.67. The summed E-state index contributed by atoms with van der Waals surface area (Å²) in [7, 11) is 1.92. The number of H-pyrrole nitrogens is 1. The summed E-state index contributed by atoms with van der Waals surface area (Å²) in [6, 6.07) is 3.73. The average molecular weight is 236 g/mol. The first-order chi connectivity index (χ1) is 8.08. The highest BCUT2D eigenvalue weighted by atomic mass is 16.2. The smallest absolute Gasteiger partial charge is 0.358 e. The summed E-state index contributed by atoms with van der Waals surface area (Å²) >= 11 is 0. The molecule has 0 spiro atoms. The van der Waals surface area contributed by atoms with E-state index >= 15 is 0 Å². The summed E-state index contributed by atoms with van der Waals surface area (Å²) in [4.78, 5) is 13.3. The molecular formula is C10H16N6O. The van der Waals surface area contributed by atoms with Crippen LogP contribution < -0.4 is 16.3 Å². The Hall–Kier alpha value is -1.89.